The number of aldehydes is 1. The summed E-state index contributed by atoms with van der Waals surface area (Å²) < 4.78 is 0. The first-order valence-corrected chi connectivity index (χ1v) is 1.94. The van der Waals surface area contributed by atoms with Crippen LogP contribution in [0.2, 0.25) is 0 Å². The lowest BCUT2D eigenvalue weighted by molar-refractivity contribution is -0.109. The fourth-order valence-corrected chi connectivity index (χ4v) is 0.0680. The minimum atomic E-state index is 0.00463. The number of rotatable bonds is 2. The van der Waals surface area contributed by atoms with Crippen LogP contribution in [0.5, 0.6) is 0 Å². The van der Waals surface area contributed by atoms with E-state index in [1.807, 2.05) is 0 Å². The molecule has 0 aliphatic rings. The molecular weight excluding hydrogens is 78.0 g/mol. The van der Waals surface area contributed by atoms with Gasteiger partial charge in [-0.2, -0.15) is 0 Å². The van der Waals surface area contributed by atoms with Crippen molar-refractivity contribution >= 4 is 6.29 Å². The topological polar surface area (TPSA) is 29.1 Å². The van der Waals surface area contributed by atoms with Crippen LogP contribution >= 0.6 is 0 Å². The van der Waals surface area contributed by atoms with E-state index < -0.39 is 0 Å². The van der Waals surface area contributed by atoms with Crippen LogP contribution < -0.4 is 5.32 Å². The molecule has 0 aromatic heterocycles. The van der Waals surface area contributed by atoms with Crippen molar-refractivity contribution < 1.29 is 4.79 Å². The first-order chi connectivity index (χ1) is 2.81. The van der Waals surface area contributed by atoms with Crippen LogP contribution in [-0.2, 0) is 4.79 Å². The standard InChI is InChI=1S/C4H9NO/c1-4(3-6)5-2/h3-5H,1-2H3/t4-/m0/s1. The maximum Gasteiger partial charge on any atom is 0.136 e. The predicted octanol–water partition coefficient (Wildman–Crippen LogP) is -0.207. The number of carbonyl (C=O) groups is 1. The van der Waals surface area contributed by atoms with Crippen LogP contribution in [0, 0.1) is 0 Å². The van der Waals surface area contributed by atoms with Crippen molar-refractivity contribution in [3.05, 3.63) is 0 Å². The van der Waals surface area contributed by atoms with E-state index in [0.29, 0.717) is 0 Å². The summed E-state index contributed by atoms with van der Waals surface area (Å²) in [5.74, 6) is 0. The number of likely N-dealkylation sites (N-methyl/N-ethyl adjacent to an activating group) is 1. The van der Waals surface area contributed by atoms with E-state index in [9.17, 15) is 4.79 Å². The molecule has 0 heterocycles. The molecule has 0 unspecified atom stereocenters. The predicted molar refractivity (Wildman–Crippen MR) is 24.6 cm³/mol. The largest absolute Gasteiger partial charge is 0.311 e. The lowest BCUT2D eigenvalue weighted by atomic mass is 10.4. The third-order valence-electron chi connectivity index (χ3n) is 0.659. The monoisotopic (exact) mass is 87.1 g/mol. The van der Waals surface area contributed by atoms with E-state index in [1.165, 1.54) is 0 Å². The summed E-state index contributed by atoms with van der Waals surface area (Å²) in [5, 5.41) is 2.75. The maximum atomic E-state index is 9.67. The first kappa shape index (κ1) is 5.63. The Kier molecular flexibility index (Phi) is 2.67. The van der Waals surface area contributed by atoms with Crippen LogP contribution in [0.1, 0.15) is 6.92 Å². The summed E-state index contributed by atoms with van der Waals surface area (Å²) in [6.07, 6.45) is 0.861. The van der Waals surface area contributed by atoms with Gasteiger partial charge < -0.3 is 10.1 Å². The number of nitrogens with one attached hydrogen (secondary N) is 1. The van der Waals surface area contributed by atoms with Crippen LogP contribution in [-0.4, -0.2) is 19.4 Å². The van der Waals surface area contributed by atoms with Crippen molar-refractivity contribution in [1.29, 1.82) is 0 Å². The highest BCUT2D eigenvalue weighted by Gasteiger charge is 1.86. The number of hydrogen-bond acceptors (Lipinski definition) is 2. The molecule has 0 saturated heterocycles. The summed E-state index contributed by atoms with van der Waals surface area (Å²) in [4.78, 5) is 9.67. The molecule has 0 saturated carbocycles. The van der Waals surface area contributed by atoms with Crippen molar-refractivity contribution in [3.8, 4) is 0 Å². The summed E-state index contributed by atoms with van der Waals surface area (Å²) in [6.45, 7) is 1.80. The number of hydrogen-bond donors (Lipinski definition) is 1. The van der Waals surface area contributed by atoms with Gasteiger partial charge in [0.15, 0.2) is 0 Å². The van der Waals surface area contributed by atoms with Crippen molar-refractivity contribution in [2.24, 2.45) is 0 Å². The molecule has 0 aromatic rings. The fraction of sp³-hybridized carbons (Fsp3) is 0.750. The molecule has 0 aliphatic heterocycles. The third-order valence-corrected chi connectivity index (χ3v) is 0.659. The second-order valence-corrected chi connectivity index (χ2v) is 1.21. The number of carbonyl (C=O) groups excluding carboxylic acids is 1. The van der Waals surface area contributed by atoms with E-state index >= 15 is 0 Å². The highest BCUT2D eigenvalue weighted by atomic mass is 16.1. The molecule has 36 valence electrons. The molecule has 0 aromatic carbocycles. The molecular formula is C4H9NO. The molecule has 2 heteroatoms. The Hall–Kier alpha value is -0.370. The van der Waals surface area contributed by atoms with Gasteiger partial charge >= 0.3 is 0 Å². The van der Waals surface area contributed by atoms with Gasteiger partial charge in [-0.15, -0.1) is 0 Å². The molecule has 0 aliphatic carbocycles. The van der Waals surface area contributed by atoms with Crippen LogP contribution in [0.4, 0.5) is 0 Å². The van der Waals surface area contributed by atoms with Gasteiger partial charge in [-0.3, -0.25) is 0 Å². The van der Waals surface area contributed by atoms with Gasteiger partial charge in [0.1, 0.15) is 6.29 Å². The quantitative estimate of drug-likeness (QED) is 0.472. The molecule has 0 amide bonds. The summed E-state index contributed by atoms with van der Waals surface area (Å²) in [6, 6.07) is 0.00463. The van der Waals surface area contributed by atoms with Crippen LogP contribution in [0.25, 0.3) is 0 Å². The SMILES string of the molecule is CN[C@@H](C)C=O. The Morgan fingerprint density at radius 3 is 2.33 bits per heavy atom. The zero-order valence-corrected chi connectivity index (χ0v) is 4.06. The maximum absolute atomic E-state index is 9.67. The van der Waals surface area contributed by atoms with Gasteiger partial charge in [0, 0.05) is 0 Å². The minimum absolute atomic E-state index is 0.00463. The average Bonchev–Trinajstić information content (AvgIpc) is 1.65. The van der Waals surface area contributed by atoms with Gasteiger partial charge in [-0.1, -0.05) is 0 Å². The molecule has 0 fully saturated rings. The molecule has 1 atom stereocenters. The molecule has 1 N–H and O–H groups in total. The van der Waals surface area contributed by atoms with Gasteiger partial charge in [-0.05, 0) is 14.0 Å². The van der Waals surface area contributed by atoms with Crippen molar-refractivity contribution in [3.63, 3.8) is 0 Å². The van der Waals surface area contributed by atoms with E-state index in [0.717, 1.165) is 6.29 Å². The highest BCUT2D eigenvalue weighted by Crippen LogP contribution is 1.64. The Morgan fingerprint density at radius 1 is 1.83 bits per heavy atom. The van der Waals surface area contributed by atoms with Gasteiger partial charge in [-0.25, -0.2) is 0 Å². The fourth-order valence-electron chi connectivity index (χ4n) is 0.0680. The second kappa shape index (κ2) is 2.85. The first-order valence-electron chi connectivity index (χ1n) is 1.94. The Morgan fingerprint density at radius 2 is 2.33 bits per heavy atom. The van der Waals surface area contributed by atoms with Crippen LogP contribution in [0.3, 0.4) is 0 Å². The molecule has 0 bridgehead atoms. The molecule has 6 heavy (non-hydrogen) atoms. The Labute approximate surface area is 37.5 Å². The highest BCUT2D eigenvalue weighted by molar-refractivity contribution is 5.56. The van der Waals surface area contributed by atoms with E-state index in [2.05, 4.69) is 5.32 Å². The zero-order valence-electron chi connectivity index (χ0n) is 4.06. The molecule has 0 spiro atoms. The Bertz CT molecular complexity index is 44.8. The molecule has 2 nitrogen and oxygen atoms in total. The molecule has 0 rings (SSSR count). The summed E-state index contributed by atoms with van der Waals surface area (Å²) in [5.41, 5.74) is 0. The lowest BCUT2D eigenvalue weighted by Gasteiger charge is -1.94. The van der Waals surface area contributed by atoms with Crippen molar-refractivity contribution in [2.45, 2.75) is 13.0 Å². The van der Waals surface area contributed by atoms with E-state index in [-0.39, 0.29) is 6.04 Å². The summed E-state index contributed by atoms with van der Waals surface area (Å²) in [7, 11) is 1.75. The average molecular weight is 87.1 g/mol. The van der Waals surface area contributed by atoms with Gasteiger partial charge in [0.25, 0.3) is 0 Å². The minimum Gasteiger partial charge on any atom is -0.311 e. The lowest BCUT2D eigenvalue weighted by Crippen LogP contribution is -2.21. The van der Waals surface area contributed by atoms with E-state index in [4.69, 9.17) is 0 Å². The third kappa shape index (κ3) is 1.91. The normalized spacial score (nSPS) is 13.7. The zero-order chi connectivity index (χ0) is 4.99. The summed E-state index contributed by atoms with van der Waals surface area (Å²) >= 11 is 0. The van der Waals surface area contributed by atoms with Gasteiger partial charge in [0.2, 0.25) is 0 Å². The second-order valence-electron chi connectivity index (χ2n) is 1.21. The van der Waals surface area contributed by atoms with Gasteiger partial charge in [0.05, 0.1) is 6.04 Å². The smallest absolute Gasteiger partial charge is 0.136 e. The Balaban J connectivity index is 2.96. The van der Waals surface area contributed by atoms with Crippen molar-refractivity contribution in [2.75, 3.05) is 7.05 Å². The van der Waals surface area contributed by atoms with Crippen LogP contribution in [0.15, 0.2) is 0 Å². The molecule has 0 radical (unpaired) electrons. The van der Waals surface area contributed by atoms with Crippen molar-refractivity contribution in [1.82, 2.24) is 5.32 Å². The van der Waals surface area contributed by atoms with E-state index in [1.54, 1.807) is 14.0 Å².